The maximum Gasteiger partial charge on any atom is 0.147 e. The fourth-order valence-electron chi connectivity index (χ4n) is 1.63. The minimum Gasteiger partial charge on any atom is -0.381 e. The van der Waals surface area contributed by atoms with Crippen molar-refractivity contribution in [3.8, 4) is 0 Å². The van der Waals surface area contributed by atoms with E-state index in [-0.39, 0.29) is 5.92 Å². The quantitative estimate of drug-likeness (QED) is 0.805. The van der Waals surface area contributed by atoms with Crippen molar-refractivity contribution in [1.29, 1.82) is 0 Å². The summed E-state index contributed by atoms with van der Waals surface area (Å²) in [5.74, 6) is 0.999. The van der Waals surface area contributed by atoms with E-state index >= 15 is 0 Å². The minimum atomic E-state index is 0.251. The van der Waals surface area contributed by atoms with Gasteiger partial charge in [-0.3, -0.25) is 0 Å². The molecule has 2 heterocycles. The zero-order valence-corrected chi connectivity index (χ0v) is 11.2. The van der Waals surface area contributed by atoms with Crippen LogP contribution in [0.4, 0.5) is 0 Å². The van der Waals surface area contributed by atoms with E-state index in [1.807, 2.05) is 0 Å². The average molecular weight is 308 g/mol. The summed E-state index contributed by atoms with van der Waals surface area (Å²) in [7, 11) is 1.63. The first-order valence-corrected chi connectivity index (χ1v) is 6.18. The van der Waals surface area contributed by atoms with Crippen LogP contribution in [0.5, 0.6) is 0 Å². The summed E-state index contributed by atoms with van der Waals surface area (Å²) in [4.78, 5) is 8.73. The summed E-state index contributed by atoms with van der Waals surface area (Å²) in [5.41, 5.74) is 0.782. The number of hydrogen-bond acceptors (Lipinski definition) is 4. The lowest BCUT2D eigenvalue weighted by atomic mass is 10.1. The van der Waals surface area contributed by atoms with Gasteiger partial charge in [-0.15, -0.1) is 0 Å². The van der Waals surface area contributed by atoms with Crippen molar-refractivity contribution in [1.82, 2.24) is 9.97 Å². The Morgan fingerprint density at radius 1 is 1.56 bits per heavy atom. The van der Waals surface area contributed by atoms with Gasteiger partial charge in [0.25, 0.3) is 0 Å². The summed E-state index contributed by atoms with van der Waals surface area (Å²) in [6.07, 6.45) is 0.949. The van der Waals surface area contributed by atoms with Crippen LogP contribution >= 0.6 is 27.5 Å². The maximum absolute atomic E-state index is 6.04. The van der Waals surface area contributed by atoms with Crippen molar-refractivity contribution in [2.24, 2.45) is 0 Å². The summed E-state index contributed by atoms with van der Waals surface area (Å²) >= 11 is 9.39. The monoisotopic (exact) mass is 306 g/mol. The number of rotatable bonds is 3. The van der Waals surface area contributed by atoms with Crippen molar-refractivity contribution in [3.05, 3.63) is 21.1 Å². The van der Waals surface area contributed by atoms with Crippen LogP contribution in [0, 0.1) is 0 Å². The molecule has 0 amide bonds. The van der Waals surface area contributed by atoms with Gasteiger partial charge in [0, 0.05) is 19.6 Å². The number of ether oxygens (including phenoxy) is 2. The van der Waals surface area contributed by atoms with Crippen LogP contribution in [0.2, 0.25) is 5.15 Å². The molecule has 16 heavy (non-hydrogen) atoms. The van der Waals surface area contributed by atoms with Crippen LogP contribution in [0.15, 0.2) is 4.47 Å². The second-order valence-corrected chi connectivity index (χ2v) is 4.78. The van der Waals surface area contributed by atoms with Gasteiger partial charge in [0.1, 0.15) is 11.0 Å². The van der Waals surface area contributed by atoms with E-state index in [2.05, 4.69) is 25.9 Å². The standard InChI is InChI=1S/C10H12BrClN2O2/c1-15-5-7-8(11)9(12)14-10(13-7)6-2-3-16-4-6/h6H,2-5H2,1H3. The van der Waals surface area contributed by atoms with E-state index in [9.17, 15) is 0 Å². The normalized spacial score (nSPS) is 20.3. The molecule has 1 aromatic heterocycles. The lowest BCUT2D eigenvalue weighted by molar-refractivity contribution is 0.179. The predicted octanol–water partition coefficient (Wildman–Crippen LogP) is 2.54. The van der Waals surface area contributed by atoms with E-state index in [4.69, 9.17) is 21.1 Å². The molecule has 4 nitrogen and oxygen atoms in total. The van der Waals surface area contributed by atoms with Gasteiger partial charge in [0.05, 0.1) is 23.4 Å². The first-order chi connectivity index (χ1) is 7.72. The Morgan fingerprint density at radius 2 is 2.38 bits per heavy atom. The second kappa shape index (κ2) is 5.40. The third kappa shape index (κ3) is 2.53. The molecule has 0 radical (unpaired) electrons. The first-order valence-electron chi connectivity index (χ1n) is 5.01. The van der Waals surface area contributed by atoms with Crippen LogP contribution in [0.3, 0.4) is 0 Å². The number of aromatic nitrogens is 2. The van der Waals surface area contributed by atoms with E-state index in [1.54, 1.807) is 7.11 Å². The summed E-state index contributed by atoms with van der Waals surface area (Å²) < 4.78 is 11.1. The van der Waals surface area contributed by atoms with Crippen LogP contribution < -0.4 is 0 Å². The fraction of sp³-hybridized carbons (Fsp3) is 0.600. The van der Waals surface area contributed by atoms with Crippen molar-refractivity contribution in [3.63, 3.8) is 0 Å². The maximum atomic E-state index is 6.04. The summed E-state index contributed by atoms with van der Waals surface area (Å²) in [6, 6.07) is 0. The van der Waals surface area contributed by atoms with Crippen LogP contribution in [-0.2, 0) is 16.1 Å². The first kappa shape index (κ1) is 12.2. The Hall–Kier alpha value is -0.230. The molecule has 2 rings (SSSR count). The molecule has 1 aromatic rings. The van der Waals surface area contributed by atoms with Crippen molar-refractivity contribution in [2.45, 2.75) is 18.9 Å². The molecular formula is C10H12BrClN2O2. The average Bonchev–Trinajstić information content (AvgIpc) is 2.78. The Bertz CT molecular complexity index is 383. The van der Waals surface area contributed by atoms with Crippen molar-refractivity contribution in [2.75, 3.05) is 20.3 Å². The number of methoxy groups -OCH3 is 1. The lowest BCUT2D eigenvalue weighted by Gasteiger charge is -2.10. The minimum absolute atomic E-state index is 0.251. The van der Waals surface area contributed by atoms with Crippen molar-refractivity contribution >= 4 is 27.5 Å². The topological polar surface area (TPSA) is 44.2 Å². The molecule has 0 N–H and O–H groups in total. The molecule has 0 spiro atoms. The smallest absolute Gasteiger partial charge is 0.147 e. The Balaban J connectivity index is 2.31. The molecule has 0 bridgehead atoms. The van der Waals surface area contributed by atoms with Gasteiger partial charge < -0.3 is 9.47 Å². The SMILES string of the molecule is COCc1nc(C2CCOC2)nc(Cl)c1Br. The number of nitrogens with zero attached hydrogens (tertiary/aromatic N) is 2. The van der Waals surface area contributed by atoms with Gasteiger partial charge in [0.2, 0.25) is 0 Å². The molecule has 1 atom stereocenters. The Morgan fingerprint density at radius 3 is 3.00 bits per heavy atom. The molecule has 1 unspecified atom stereocenters. The molecular weight excluding hydrogens is 295 g/mol. The van der Waals surface area contributed by atoms with E-state index < -0.39 is 0 Å². The van der Waals surface area contributed by atoms with Gasteiger partial charge >= 0.3 is 0 Å². The van der Waals surface area contributed by atoms with E-state index in [0.29, 0.717) is 22.8 Å². The van der Waals surface area contributed by atoms with Crippen molar-refractivity contribution < 1.29 is 9.47 Å². The largest absolute Gasteiger partial charge is 0.381 e. The summed E-state index contributed by atoms with van der Waals surface area (Å²) in [6.45, 7) is 1.86. The highest BCUT2D eigenvalue weighted by Crippen LogP contribution is 2.29. The molecule has 1 aliphatic rings. The van der Waals surface area contributed by atoms with E-state index in [1.165, 1.54) is 0 Å². The Labute approximate surface area is 107 Å². The number of halogens is 2. The highest BCUT2D eigenvalue weighted by molar-refractivity contribution is 9.10. The van der Waals surface area contributed by atoms with Crippen LogP contribution in [-0.4, -0.2) is 30.3 Å². The van der Waals surface area contributed by atoms with Gasteiger partial charge in [-0.2, -0.15) is 0 Å². The summed E-state index contributed by atoms with van der Waals surface area (Å²) in [5, 5.41) is 0.434. The number of hydrogen-bond donors (Lipinski definition) is 0. The molecule has 0 saturated carbocycles. The highest BCUT2D eigenvalue weighted by Gasteiger charge is 2.22. The molecule has 1 aliphatic heterocycles. The molecule has 88 valence electrons. The third-order valence-electron chi connectivity index (χ3n) is 2.47. The third-order valence-corrected chi connectivity index (χ3v) is 3.81. The van der Waals surface area contributed by atoms with E-state index in [0.717, 1.165) is 24.5 Å². The van der Waals surface area contributed by atoms with Gasteiger partial charge in [-0.25, -0.2) is 9.97 Å². The molecule has 6 heteroatoms. The highest BCUT2D eigenvalue weighted by atomic mass is 79.9. The lowest BCUT2D eigenvalue weighted by Crippen LogP contribution is -2.08. The molecule has 1 saturated heterocycles. The van der Waals surface area contributed by atoms with Gasteiger partial charge in [-0.1, -0.05) is 11.6 Å². The van der Waals surface area contributed by atoms with Gasteiger partial charge in [0.15, 0.2) is 0 Å². The fourth-order valence-corrected chi connectivity index (χ4v) is 2.12. The van der Waals surface area contributed by atoms with Crippen LogP contribution in [0.25, 0.3) is 0 Å². The Kier molecular flexibility index (Phi) is 4.13. The molecule has 1 fully saturated rings. The van der Waals surface area contributed by atoms with Gasteiger partial charge in [-0.05, 0) is 22.4 Å². The molecule has 0 aromatic carbocycles. The second-order valence-electron chi connectivity index (χ2n) is 3.63. The molecule has 0 aliphatic carbocycles. The van der Waals surface area contributed by atoms with Crippen LogP contribution in [0.1, 0.15) is 23.9 Å². The predicted molar refractivity (Wildman–Crippen MR) is 63.6 cm³/mol. The zero-order chi connectivity index (χ0) is 11.5. The zero-order valence-electron chi connectivity index (χ0n) is 8.87.